The molecule has 0 unspecified atom stereocenters. The van der Waals surface area contributed by atoms with Gasteiger partial charge in [-0.15, -0.1) is 0 Å². The first-order valence-electron chi connectivity index (χ1n) is 2.96. The number of nitrogens with one attached hydrogen (secondary N) is 1. The second-order valence-electron chi connectivity index (χ2n) is 2.07. The Bertz CT molecular complexity index is 296. The minimum atomic E-state index is -0.725. The second-order valence-corrected chi connectivity index (χ2v) is 2.07. The molecule has 0 heterocycles. The molecule has 1 rings (SSSR count). The summed E-state index contributed by atoms with van der Waals surface area (Å²) in [5, 5.41) is 9.08. The largest absolute Gasteiger partial charge is 0.505 e. The van der Waals surface area contributed by atoms with E-state index in [4.69, 9.17) is 16.6 Å². The lowest BCUT2D eigenvalue weighted by Crippen LogP contribution is -2.10. The van der Waals surface area contributed by atoms with E-state index in [1.54, 1.807) is 0 Å². The molecule has 0 aliphatic carbocycles. The third kappa shape index (κ3) is 1.24. The van der Waals surface area contributed by atoms with Crippen LogP contribution in [0, 0.1) is 0 Å². The molecule has 0 atom stereocenters. The molecule has 0 aromatic heterocycles. The van der Waals surface area contributed by atoms with Gasteiger partial charge < -0.3 is 10.8 Å². The number of phenols is 1. The highest BCUT2D eigenvalue weighted by molar-refractivity contribution is 5.96. The van der Waals surface area contributed by atoms with Crippen molar-refractivity contribution in [2.75, 3.05) is 0 Å². The third-order valence-corrected chi connectivity index (χ3v) is 1.30. The van der Waals surface area contributed by atoms with E-state index in [1.807, 2.05) is 0 Å². The average molecular weight is 151 g/mol. The number of aromatic hydroxyl groups is 1. The molecule has 1 aromatic rings. The summed E-state index contributed by atoms with van der Waals surface area (Å²) < 4.78 is 0. The fourth-order valence-corrected chi connectivity index (χ4v) is 0.742. The highest BCUT2D eigenvalue weighted by Crippen LogP contribution is 2.24. The summed E-state index contributed by atoms with van der Waals surface area (Å²) in [6, 6.07) is 4.24. The van der Waals surface area contributed by atoms with Crippen molar-refractivity contribution < 1.29 is 9.90 Å². The highest BCUT2D eigenvalue weighted by Gasteiger charge is 2.08. The second kappa shape index (κ2) is 2.49. The normalized spacial score (nSPS) is 9.45. The predicted molar refractivity (Wildman–Crippen MR) is 39.4 cm³/mol. The van der Waals surface area contributed by atoms with Crippen LogP contribution in [0.3, 0.4) is 0 Å². The molecule has 0 saturated heterocycles. The fraction of sp³-hybridized carbons (Fsp3) is 0. The topological polar surface area (TPSA) is 87.1 Å². The van der Waals surface area contributed by atoms with Gasteiger partial charge in [-0.3, -0.25) is 10.5 Å². The van der Waals surface area contributed by atoms with Crippen LogP contribution in [-0.4, -0.2) is 11.0 Å². The number of nitrogens with two attached hydrogens (primary N) is 1. The number of primary amides is 1. The Labute approximate surface area is 63.4 Å². The molecule has 4 nitrogen and oxygen atoms in total. The smallest absolute Gasteiger partial charge is 0.252 e. The zero-order chi connectivity index (χ0) is 8.43. The molecule has 0 saturated carbocycles. The maximum Gasteiger partial charge on any atom is 0.252 e. The van der Waals surface area contributed by atoms with Crippen molar-refractivity contribution in [2.45, 2.75) is 0 Å². The molecule has 57 valence electrons. The van der Waals surface area contributed by atoms with Crippen molar-refractivity contribution in [3.8, 4) is 5.75 Å². The van der Waals surface area contributed by atoms with Crippen molar-refractivity contribution in [1.82, 2.24) is 5.73 Å². The van der Waals surface area contributed by atoms with Gasteiger partial charge in [0.05, 0.1) is 11.3 Å². The van der Waals surface area contributed by atoms with Gasteiger partial charge in [0, 0.05) is 0 Å². The fourth-order valence-electron chi connectivity index (χ4n) is 0.742. The van der Waals surface area contributed by atoms with Gasteiger partial charge in [0.2, 0.25) is 0 Å². The van der Waals surface area contributed by atoms with Crippen LogP contribution in [0.25, 0.3) is 0 Å². The maximum atomic E-state index is 10.6. The van der Waals surface area contributed by atoms with Crippen LogP contribution in [0.4, 0.5) is 5.69 Å². The molecule has 4 N–H and O–H groups in total. The highest BCUT2D eigenvalue weighted by atomic mass is 16.3. The van der Waals surface area contributed by atoms with E-state index in [1.165, 1.54) is 18.2 Å². The SMILES string of the molecule is [NH]c1cccc(C(N)=O)c1O. The summed E-state index contributed by atoms with van der Waals surface area (Å²) in [5.74, 6) is -1.09. The molecule has 0 aliphatic rings. The number of rotatable bonds is 1. The Balaban J connectivity index is 3.27. The lowest BCUT2D eigenvalue weighted by atomic mass is 10.1. The Hall–Kier alpha value is -1.71. The number of hydrogen-bond donors (Lipinski definition) is 2. The predicted octanol–water partition coefficient (Wildman–Crippen LogP) is 0.406. The van der Waals surface area contributed by atoms with Gasteiger partial charge in [-0.2, -0.15) is 0 Å². The molecule has 4 heteroatoms. The standard InChI is InChI=1S/C7H7N2O2/c8-5-3-1-2-4(6(5)10)7(9)11/h1-3,8,10H,(H2,9,11). The lowest BCUT2D eigenvalue weighted by Gasteiger charge is -2.00. The van der Waals surface area contributed by atoms with Gasteiger partial charge in [-0.1, -0.05) is 6.07 Å². The van der Waals surface area contributed by atoms with Crippen LogP contribution in [-0.2, 0) is 0 Å². The van der Waals surface area contributed by atoms with Crippen molar-refractivity contribution in [2.24, 2.45) is 5.73 Å². The average Bonchev–Trinajstić information content (AvgIpc) is 1.94. The summed E-state index contributed by atoms with van der Waals surface area (Å²) in [7, 11) is 0. The minimum Gasteiger partial charge on any atom is -0.505 e. The zero-order valence-electron chi connectivity index (χ0n) is 5.66. The summed E-state index contributed by atoms with van der Waals surface area (Å²) in [6.07, 6.45) is 0. The lowest BCUT2D eigenvalue weighted by molar-refractivity contribution is 0.0998. The van der Waals surface area contributed by atoms with Crippen LogP contribution in [0.15, 0.2) is 18.2 Å². The number of amides is 1. The molecule has 1 aromatic carbocycles. The Morgan fingerprint density at radius 2 is 2.18 bits per heavy atom. The van der Waals surface area contributed by atoms with Crippen molar-refractivity contribution >= 4 is 11.6 Å². The van der Waals surface area contributed by atoms with Gasteiger partial charge >= 0.3 is 0 Å². The molecule has 0 fully saturated rings. The van der Waals surface area contributed by atoms with Crippen molar-refractivity contribution in [1.29, 1.82) is 0 Å². The Kier molecular flexibility index (Phi) is 1.68. The first-order chi connectivity index (χ1) is 5.13. The van der Waals surface area contributed by atoms with Gasteiger partial charge in [0.25, 0.3) is 5.91 Å². The number of benzene rings is 1. The Morgan fingerprint density at radius 1 is 1.55 bits per heavy atom. The zero-order valence-corrected chi connectivity index (χ0v) is 5.66. The van der Waals surface area contributed by atoms with Crippen LogP contribution in [0.5, 0.6) is 5.75 Å². The molecular formula is C7H7N2O2. The summed E-state index contributed by atoms with van der Waals surface area (Å²) >= 11 is 0. The first kappa shape index (κ1) is 7.40. The molecule has 0 spiro atoms. The van der Waals surface area contributed by atoms with E-state index in [0.29, 0.717) is 0 Å². The molecule has 11 heavy (non-hydrogen) atoms. The summed E-state index contributed by atoms with van der Waals surface area (Å²) in [5.41, 5.74) is 11.9. The van der Waals surface area contributed by atoms with Gasteiger partial charge in [-0.05, 0) is 12.1 Å². The minimum absolute atomic E-state index is 0.0162. The number of hydrogen-bond acceptors (Lipinski definition) is 2. The van der Waals surface area contributed by atoms with E-state index in [-0.39, 0.29) is 17.0 Å². The molecule has 0 aliphatic heterocycles. The monoisotopic (exact) mass is 151 g/mol. The van der Waals surface area contributed by atoms with Crippen LogP contribution >= 0.6 is 0 Å². The summed E-state index contributed by atoms with van der Waals surface area (Å²) in [4.78, 5) is 10.6. The van der Waals surface area contributed by atoms with Gasteiger partial charge in [-0.25, -0.2) is 0 Å². The molecule has 1 radical (unpaired) electrons. The Morgan fingerprint density at radius 3 is 2.64 bits per heavy atom. The number of carbonyl (C=O) groups excluding carboxylic acids is 1. The van der Waals surface area contributed by atoms with E-state index in [2.05, 4.69) is 0 Å². The molecule has 0 bridgehead atoms. The van der Waals surface area contributed by atoms with Crippen molar-refractivity contribution in [3.05, 3.63) is 23.8 Å². The number of para-hydroxylation sites is 1. The first-order valence-corrected chi connectivity index (χ1v) is 2.96. The van der Waals surface area contributed by atoms with Gasteiger partial charge in [0.1, 0.15) is 0 Å². The van der Waals surface area contributed by atoms with E-state index < -0.39 is 5.91 Å². The van der Waals surface area contributed by atoms with E-state index in [0.717, 1.165) is 0 Å². The quantitative estimate of drug-likeness (QED) is 0.569. The van der Waals surface area contributed by atoms with Crippen LogP contribution in [0.1, 0.15) is 10.4 Å². The van der Waals surface area contributed by atoms with Gasteiger partial charge in [0.15, 0.2) is 5.75 Å². The maximum absolute atomic E-state index is 10.6. The van der Waals surface area contributed by atoms with Crippen LogP contribution < -0.4 is 11.5 Å². The number of carbonyl (C=O) groups is 1. The van der Waals surface area contributed by atoms with Crippen LogP contribution in [0.2, 0.25) is 0 Å². The molecule has 1 amide bonds. The third-order valence-electron chi connectivity index (χ3n) is 1.30. The van der Waals surface area contributed by atoms with E-state index >= 15 is 0 Å². The molecular weight excluding hydrogens is 144 g/mol. The van der Waals surface area contributed by atoms with E-state index in [9.17, 15) is 4.79 Å². The summed E-state index contributed by atoms with van der Waals surface area (Å²) in [6.45, 7) is 0. The van der Waals surface area contributed by atoms with Crippen molar-refractivity contribution in [3.63, 3.8) is 0 Å².